The lowest BCUT2D eigenvalue weighted by Crippen LogP contribution is -1.89. The van der Waals surface area contributed by atoms with Crippen molar-refractivity contribution in [3.05, 3.63) is 53.2 Å². The monoisotopic (exact) mass is 256 g/mol. The molecule has 0 spiro atoms. The molecule has 0 aliphatic carbocycles. The Morgan fingerprint density at radius 2 is 1.89 bits per heavy atom. The van der Waals surface area contributed by atoms with Gasteiger partial charge >= 0.3 is 0 Å². The number of hydrogen-bond donors (Lipinski definition) is 1. The molecule has 0 fully saturated rings. The van der Waals surface area contributed by atoms with Crippen LogP contribution in [-0.2, 0) is 0 Å². The molecule has 5 heteroatoms. The zero-order chi connectivity index (χ0) is 12.4. The topological polar surface area (TPSA) is 54.5 Å². The molecule has 0 saturated heterocycles. The lowest BCUT2D eigenvalue weighted by molar-refractivity contribution is 1.17. The molecule has 2 heterocycles. The second-order valence-corrected chi connectivity index (χ2v) is 4.08. The van der Waals surface area contributed by atoms with Crippen molar-refractivity contribution in [2.75, 3.05) is 0 Å². The minimum Gasteiger partial charge on any atom is -0.341 e. The molecule has 1 aromatic carbocycles. The number of H-pyrrole nitrogens is 1. The van der Waals surface area contributed by atoms with Crippen LogP contribution in [-0.4, -0.2) is 19.9 Å². The van der Waals surface area contributed by atoms with Crippen molar-refractivity contribution >= 4 is 34.9 Å². The summed E-state index contributed by atoms with van der Waals surface area (Å²) in [6, 6.07) is 9.94. The van der Waals surface area contributed by atoms with Gasteiger partial charge in [-0.05, 0) is 11.6 Å². The van der Waals surface area contributed by atoms with Gasteiger partial charge in [0.1, 0.15) is 5.52 Å². The van der Waals surface area contributed by atoms with E-state index in [0.29, 0.717) is 22.1 Å². The predicted molar refractivity (Wildman–Crippen MR) is 72.1 cm³/mol. The van der Waals surface area contributed by atoms with Gasteiger partial charge in [0.2, 0.25) is 0 Å². The van der Waals surface area contributed by atoms with Crippen molar-refractivity contribution in [3.8, 4) is 0 Å². The lowest BCUT2D eigenvalue weighted by atomic mass is 10.2. The average molecular weight is 257 g/mol. The minimum absolute atomic E-state index is 0.380. The Bertz CT molecular complexity index is 703. The standard InChI is InChI=1S/C13H9ClN4/c14-12-11-13(16-8-15-11)18-10(17-12)7-6-9-4-2-1-3-5-9/h1-8H,(H,15,16,17,18)/b7-6+. The number of fused-ring (bicyclic) bond motifs is 1. The zero-order valence-corrected chi connectivity index (χ0v) is 10.1. The maximum atomic E-state index is 6.03. The Kier molecular flexibility index (Phi) is 2.78. The summed E-state index contributed by atoms with van der Waals surface area (Å²) in [5.74, 6) is 0.545. The molecular weight excluding hydrogens is 248 g/mol. The van der Waals surface area contributed by atoms with Crippen molar-refractivity contribution in [1.29, 1.82) is 0 Å². The van der Waals surface area contributed by atoms with Gasteiger partial charge in [-0.2, -0.15) is 0 Å². The Morgan fingerprint density at radius 1 is 1.06 bits per heavy atom. The Labute approximate surface area is 108 Å². The van der Waals surface area contributed by atoms with E-state index in [1.807, 2.05) is 42.5 Å². The van der Waals surface area contributed by atoms with E-state index in [0.717, 1.165) is 5.56 Å². The number of nitrogens with one attached hydrogen (secondary N) is 1. The summed E-state index contributed by atoms with van der Waals surface area (Å²) in [5, 5.41) is 0.380. The number of aromatic nitrogens is 4. The first-order valence-corrected chi connectivity index (χ1v) is 5.80. The molecule has 4 nitrogen and oxygen atoms in total. The molecule has 3 aromatic rings. The van der Waals surface area contributed by atoms with Crippen molar-refractivity contribution in [2.45, 2.75) is 0 Å². The first kappa shape index (κ1) is 10.9. The summed E-state index contributed by atoms with van der Waals surface area (Å²) in [6.07, 6.45) is 5.30. The fourth-order valence-electron chi connectivity index (χ4n) is 1.62. The van der Waals surface area contributed by atoms with Crippen LogP contribution >= 0.6 is 11.6 Å². The molecule has 0 amide bonds. The summed E-state index contributed by atoms with van der Waals surface area (Å²) in [5.41, 5.74) is 2.32. The van der Waals surface area contributed by atoms with Crippen LogP contribution in [0.2, 0.25) is 5.15 Å². The molecule has 0 aliphatic heterocycles. The van der Waals surface area contributed by atoms with Crippen LogP contribution in [0.15, 0.2) is 36.7 Å². The summed E-state index contributed by atoms with van der Waals surface area (Å²) in [7, 11) is 0. The average Bonchev–Trinajstić information content (AvgIpc) is 2.86. The first-order chi connectivity index (χ1) is 8.83. The predicted octanol–water partition coefficient (Wildman–Crippen LogP) is 3.18. The fourth-order valence-corrected chi connectivity index (χ4v) is 1.85. The van der Waals surface area contributed by atoms with E-state index in [9.17, 15) is 0 Å². The van der Waals surface area contributed by atoms with Gasteiger partial charge in [-0.1, -0.05) is 48.0 Å². The maximum Gasteiger partial charge on any atom is 0.182 e. The maximum absolute atomic E-state index is 6.03. The normalized spacial score (nSPS) is 11.4. The van der Waals surface area contributed by atoms with Gasteiger partial charge in [0, 0.05) is 0 Å². The summed E-state index contributed by atoms with van der Waals surface area (Å²) >= 11 is 6.03. The number of benzene rings is 1. The molecule has 18 heavy (non-hydrogen) atoms. The number of aromatic amines is 1. The largest absolute Gasteiger partial charge is 0.341 e. The van der Waals surface area contributed by atoms with Crippen LogP contribution < -0.4 is 0 Å². The van der Waals surface area contributed by atoms with E-state index in [4.69, 9.17) is 11.6 Å². The van der Waals surface area contributed by atoms with E-state index in [1.165, 1.54) is 0 Å². The summed E-state index contributed by atoms with van der Waals surface area (Å²) in [4.78, 5) is 15.4. The molecule has 0 unspecified atom stereocenters. The molecule has 2 aromatic heterocycles. The number of nitrogens with zero attached hydrogens (tertiary/aromatic N) is 3. The van der Waals surface area contributed by atoms with Crippen LogP contribution in [0.25, 0.3) is 23.3 Å². The minimum atomic E-state index is 0.380. The lowest BCUT2D eigenvalue weighted by Gasteiger charge is -1.96. The molecule has 0 saturated carbocycles. The van der Waals surface area contributed by atoms with Crippen LogP contribution in [0.3, 0.4) is 0 Å². The third-order valence-electron chi connectivity index (χ3n) is 2.48. The third kappa shape index (κ3) is 2.10. The number of hydrogen-bond acceptors (Lipinski definition) is 3. The van der Waals surface area contributed by atoms with Gasteiger partial charge in [0.15, 0.2) is 16.6 Å². The first-order valence-electron chi connectivity index (χ1n) is 5.43. The van der Waals surface area contributed by atoms with Crippen LogP contribution in [0, 0.1) is 0 Å². The summed E-state index contributed by atoms with van der Waals surface area (Å²) in [6.45, 7) is 0. The molecular formula is C13H9ClN4. The SMILES string of the molecule is Clc1nc(/C=C/c2ccccc2)nc2nc[nH]c12. The van der Waals surface area contributed by atoms with Gasteiger partial charge in [0.05, 0.1) is 6.33 Å². The molecule has 0 atom stereocenters. The van der Waals surface area contributed by atoms with Gasteiger partial charge in [-0.3, -0.25) is 0 Å². The van der Waals surface area contributed by atoms with Crippen LogP contribution in [0.5, 0.6) is 0 Å². The van der Waals surface area contributed by atoms with Gasteiger partial charge in [0.25, 0.3) is 0 Å². The second-order valence-electron chi connectivity index (χ2n) is 3.72. The van der Waals surface area contributed by atoms with E-state index >= 15 is 0 Å². The van der Waals surface area contributed by atoms with Crippen LogP contribution in [0.4, 0.5) is 0 Å². The third-order valence-corrected chi connectivity index (χ3v) is 2.76. The van der Waals surface area contributed by atoms with E-state index in [2.05, 4.69) is 19.9 Å². The van der Waals surface area contributed by atoms with E-state index < -0.39 is 0 Å². The highest BCUT2D eigenvalue weighted by atomic mass is 35.5. The molecule has 0 radical (unpaired) electrons. The number of halogens is 1. The van der Waals surface area contributed by atoms with E-state index in [-0.39, 0.29) is 0 Å². The Morgan fingerprint density at radius 3 is 2.72 bits per heavy atom. The second kappa shape index (κ2) is 4.58. The highest BCUT2D eigenvalue weighted by molar-refractivity contribution is 6.33. The zero-order valence-electron chi connectivity index (χ0n) is 9.34. The fraction of sp³-hybridized carbons (Fsp3) is 0. The molecule has 1 N–H and O–H groups in total. The highest BCUT2D eigenvalue weighted by Gasteiger charge is 2.05. The Hall–Kier alpha value is -2.20. The highest BCUT2D eigenvalue weighted by Crippen LogP contribution is 2.17. The van der Waals surface area contributed by atoms with Crippen molar-refractivity contribution < 1.29 is 0 Å². The quantitative estimate of drug-likeness (QED) is 0.717. The van der Waals surface area contributed by atoms with Crippen molar-refractivity contribution in [3.63, 3.8) is 0 Å². The van der Waals surface area contributed by atoms with Gasteiger partial charge < -0.3 is 4.98 Å². The van der Waals surface area contributed by atoms with Crippen LogP contribution in [0.1, 0.15) is 11.4 Å². The number of imidazole rings is 1. The molecule has 0 bridgehead atoms. The molecule has 0 aliphatic rings. The van der Waals surface area contributed by atoms with Gasteiger partial charge in [-0.25, -0.2) is 15.0 Å². The van der Waals surface area contributed by atoms with E-state index in [1.54, 1.807) is 6.33 Å². The number of rotatable bonds is 2. The Balaban J connectivity index is 1.98. The smallest absolute Gasteiger partial charge is 0.182 e. The van der Waals surface area contributed by atoms with Gasteiger partial charge in [-0.15, -0.1) is 0 Å². The molecule has 88 valence electrons. The summed E-state index contributed by atoms with van der Waals surface area (Å²) < 4.78 is 0. The molecule has 3 rings (SSSR count). The van der Waals surface area contributed by atoms with Crippen molar-refractivity contribution in [2.24, 2.45) is 0 Å². The van der Waals surface area contributed by atoms with Crippen molar-refractivity contribution in [1.82, 2.24) is 19.9 Å².